The molecule has 0 saturated carbocycles. The van der Waals surface area contributed by atoms with Crippen molar-refractivity contribution in [1.82, 2.24) is 4.90 Å². The molecule has 0 aliphatic rings. The van der Waals surface area contributed by atoms with Gasteiger partial charge in [0.1, 0.15) is 0 Å². The van der Waals surface area contributed by atoms with Gasteiger partial charge < -0.3 is 4.90 Å². The summed E-state index contributed by atoms with van der Waals surface area (Å²) in [4.78, 5) is 6.55. The normalized spacial score (nSPS) is 10.6. The van der Waals surface area contributed by atoms with Crippen LogP contribution >= 0.6 is 0 Å². The summed E-state index contributed by atoms with van der Waals surface area (Å²) in [6.07, 6.45) is 2.63. The summed E-state index contributed by atoms with van der Waals surface area (Å²) in [5, 5.41) is 9.25. The standard InChI is InChI=1S/C19H21N3/c1-4-22(3)14-21-19-12-17(13-20)11-18(15(19)2)10-16-8-6-5-7-9-16/h5-9,11-12,14H,4,10H2,1-3H3. The average molecular weight is 291 g/mol. The van der Waals surface area contributed by atoms with Crippen molar-refractivity contribution < 1.29 is 0 Å². The van der Waals surface area contributed by atoms with E-state index in [1.54, 1.807) is 0 Å². The van der Waals surface area contributed by atoms with Crippen LogP contribution in [-0.2, 0) is 6.42 Å². The van der Waals surface area contributed by atoms with Crippen LogP contribution in [0.1, 0.15) is 29.2 Å². The highest BCUT2D eigenvalue weighted by Crippen LogP contribution is 2.26. The van der Waals surface area contributed by atoms with Crippen molar-refractivity contribution in [2.45, 2.75) is 20.3 Å². The number of rotatable bonds is 5. The summed E-state index contributed by atoms with van der Waals surface area (Å²) in [5.74, 6) is 0. The fourth-order valence-corrected chi connectivity index (χ4v) is 2.20. The summed E-state index contributed by atoms with van der Waals surface area (Å²) in [6.45, 7) is 5.04. The van der Waals surface area contributed by atoms with Crippen molar-refractivity contribution in [3.63, 3.8) is 0 Å². The van der Waals surface area contributed by atoms with Crippen LogP contribution in [0.3, 0.4) is 0 Å². The Morgan fingerprint density at radius 1 is 1.23 bits per heavy atom. The highest BCUT2D eigenvalue weighted by atomic mass is 15.1. The molecule has 0 spiro atoms. The lowest BCUT2D eigenvalue weighted by Crippen LogP contribution is -2.14. The predicted octanol–water partition coefficient (Wildman–Crippen LogP) is 4.07. The molecule has 3 nitrogen and oxygen atoms in total. The third-order valence-corrected chi connectivity index (χ3v) is 3.75. The van der Waals surface area contributed by atoms with Gasteiger partial charge in [0.25, 0.3) is 0 Å². The van der Waals surface area contributed by atoms with Crippen molar-refractivity contribution in [2.24, 2.45) is 4.99 Å². The van der Waals surface area contributed by atoms with Crippen LogP contribution in [0.4, 0.5) is 5.69 Å². The molecule has 0 aliphatic heterocycles. The van der Waals surface area contributed by atoms with E-state index >= 15 is 0 Å². The minimum Gasteiger partial charge on any atom is -0.366 e. The fourth-order valence-electron chi connectivity index (χ4n) is 2.20. The molecular weight excluding hydrogens is 270 g/mol. The van der Waals surface area contributed by atoms with Gasteiger partial charge in [0.15, 0.2) is 0 Å². The molecule has 2 aromatic rings. The Labute approximate surface area is 132 Å². The molecule has 0 radical (unpaired) electrons. The van der Waals surface area contributed by atoms with Crippen molar-refractivity contribution >= 4 is 12.0 Å². The molecule has 0 saturated heterocycles. The van der Waals surface area contributed by atoms with Gasteiger partial charge in [-0.3, -0.25) is 0 Å². The summed E-state index contributed by atoms with van der Waals surface area (Å²) in [7, 11) is 1.98. The van der Waals surface area contributed by atoms with Crippen LogP contribution in [0.15, 0.2) is 47.5 Å². The van der Waals surface area contributed by atoms with Crippen LogP contribution in [0.2, 0.25) is 0 Å². The van der Waals surface area contributed by atoms with Crippen LogP contribution in [0.25, 0.3) is 0 Å². The predicted molar refractivity (Wildman–Crippen MR) is 91.6 cm³/mol. The number of aliphatic imine (C=N–C) groups is 1. The summed E-state index contributed by atoms with van der Waals surface area (Å²) >= 11 is 0. The fraction of sp³-hybridized carbons (Fsp3) is 0.263. The monoisotopic (exact) mass is 291 g/mol. The molecule has 0 fully saturated rings. The van der Waals surface area contributed by atoms with Crippen molar-refractivity contribution in [1.29, 1.82) is 5.26 Å². The Hall–Kier alpha value is -2.60. The molecule has 112 valence electrons. The van der Waals surface area contributed by atoms with Crippen LogP contribution in [0.5, 0.6) is 0 Å². The first-order valence-electron chi connectivity index (χ1n) is 7.46. The third kappa shape index (κ3) is 3.95. The molecule has 0 aromatic heterocycles. The van der Waals surface area contributed by atoms with Gasteiger partial charge in [0.05, 0.1) is 23.7 Å². The van der Waals surface area contributed by atoms with E-state index in [4.69, 9.17) is 0 Å². The molecule has 3 heteroatoms. The van der Waals surface area contributed by atoms with E-state index in [9.17, 15) is 5.26 Å². The maximum Gasteiger partial charge on any atom is 0.0992 e. The molecule has 22 heavy (non-hydrogen) atoms. The quantitative estimate of drug-likeness (QED) is 0.615. The zero-order valence-corrected chi connectivity index (χ0v) is 13.4. The Morgan fingerprint density at radius 2 is 1.95 bits per heavy atom. The van der Waals surface area contributed by atoms with Gasteiger partial charge in [-0.15, -0.1) is 0 Å². The molecule has 0 heterocycles. The number of hydrogen-bond acceptors (Lipinski definition) is 2. The van der Waals surface area contributed by atoms with E-state index in [0.29, 0.717) is 5.56 Å². The third-order valence-electron chi connectivity index (χ3n) is 3.75. The number of hydrogen-bond donors (Lipinski definition) is 0. The average Bonchev–Trinajstić information content (AvgIpc) is 2.56. The zero-order chi connectivity index (χ0) is 15.9. The van der Waals surface area contributed by atoms with Crippen LogP contribution < -0.4 is 0 Å². The van der Waals surface area contributed by atoms with Gasteiger partial charge >= 0.3 is 0 Å². The molecule has 0 bridgehead atoms. The second kappa shape index (κ2) is 7.42. The Morgan fingerprint density at radius 3 is 2.59 bits per heavy atom. The first kappa shape index (κ1) is 15.8. The Bertz CT molecular complexity index is 697. The van der Waals surface area contributed by atoms with Crippen molar-refractivity contribution in [3.05, 3.63) is 64.7 Å². The molecule has 2 rings (SSSR count). The van der Waals surface area contributed by atoms with Gasteiger partial charge in [-0.1, -0.05) is 30.3 Å². The van der Waals surface area contributed by atoms with Gasteiger partial charge in [-0.05, 0) is 49.1 Å². The van der Waals surface area contributed by atoms with E-state index in [2.05, 4.69) is 37.0 Å². The van der Waals surface area contributed by atoms with Gasteiger partial charge in [-0.2, -0.15) is 5.26 Å². The minimum atomic E-state index is 0.655. The first-order chi connectivity index (χ1) is 10.6. The first-order valence-corrected chi connectivity index (χ1v) is 7.46. The van der Waals surface area contributed by atoms with E-state index in [1.165, 1.54) is 5.56 Å². The topological polar surface area (TPSA) is 39.4 Å². The SMILES string of the molecule is CCN(C)C=Nc1cc(C#N)cc(Cc2ccccc2)c1C. The van der Waals surface area contributed by atoms with Gasteiger partial charge in [0.2, 0.25) is 0 Å². The molecule has 2 aromatic carbocycles. The molecule has 0 N–H and O–H groups in total. The van der Waals surface area contributed by atoms with Gasteiger partial charge in [-0.25, -0.2) is 4.99 Å². The lowest BCUT2D eigenvalue weighted by atomic mass is 9.97. The van der Waals surface area contributed by atoms with Crippen LogP contribution in [0, 0.1) is 18.3 Å². The second-order valence-corrected chi connectivity index (χ2v) is 5.37. The highest BCUT2D eigenvalue weighted by Gasteiger charge is 2.07. The smallest absolute Gasteiger partial charge is 0.0992 e. The lowest BCUT2D eigenvalue weighted by Gasteiger charge is -2.12. The molecular formula is C19H21N3. The van der Waals surface area contributed by atoms with E-state index < -0.39 is 0 Å². The van der Waals surface area contributed by atoms with E-state index in [0.717, 1.165) is 29.8 Å². The van der Waals surface area contributed by atoms with Gasteiger partial charge in [0, 0.05) is 13.6 Å². The summed E-state index contributed by atoms with van der Waals surface area (Å²) < 4.78 is 0. The minimum absolute atomic E-state index is 0.655. The number of nitrogens with zero attached hydrogens (tertiary/aromatic N) is 3. The second-order valence-electron chi connectivity index (χ2n) is 5.37. The maximum atomic E-state index is 9.25. The Balaban J connectivity index is 2.38. The lowest BCUT2D eigenvalue weighted by molar-refractivity contribution is 0.552. The largest absolute Gasteiger partial charge is 0.366 e. The van der Waals surface area contributed by atoms with Crippen LogP contribution in [-0.4, -0.2) is 24.8 Å². The van der Waals surface area contributed by atoms with Crippen molar-refractivity contribution in [2.75, 3.05) is 13.6 Å². The molecule has 0 atom stereocenters. The summed E-state index contributed by atoms with van der Waals surface area (Å²) in [6, 6.07) is 16.3. The number of benzene rings is 2. The molecule has 0 aliphatic carbocycles. The zero-order valence-electron chi connectivity index (χ0n) is 13.4. The highest BCUT2D eigenvalue weighted by molar-refractivity contribution is 5.65. The molecule has 0 unspecified atom stereocenters. The van der Waals surface area contributed by atoms with E-state index in [1.807, 2.05) is 48.6 Å². The maximum absolute atomic E-state index is 9.25. The molecule has 0 amide bonds. The Kier molecular flexibility index (Phi) is 5.32. The summed E-state index contributed by atoms with van der Waals surface area (Å²) in [5.41, 5.74) is 5.04. The van der Waals surface area contributed by atoms with Crippen molar-refractivity contribution in [3.8, 4) is 6.07 Å². The number of nitriles is 1. The van der Waals surface area contributed by atoms with E-state index in [-0.39, 0.29) is 0 Å².